The number of hydrogen-bond donors (Lipinski definition) is 2. The summed E-state index contributed by atoms with van der Waals surface area (Å²) in [5.41, 5.74) is 2.42. The van der Waals surface area contributed by atoms with Crippen molar-refractivity contribution in [3.63, 3.8) is 0 Å². The van der Waals surface area contributed by atoms with Gasteiger partial charge in [-0.25, -0.2) is 0 Å². The maximum atomic E-state index is 9.41. The van der Waals surface area contributed by atoms with Gasteiger partial charge in [0.2, 0.25) is 0 Å². The summed E-state index contributed by atoms with van der Waals surface area (Å²) in [4.78, 5) is 0. The van der Waals surface area contributed by atoms with Gasteiger partial charge in [0.05, 0.1) is 5.02 Å². The summed E-state index contributed by atoms with van der Waals surface area (Å²) in [6, 6.07) is 3.63. The van der Waals surface area contributed by atoms with Gasteiger partial charge in [-0.05, 0) is 42.6 Å². The standard InChI is InChI=1S/C10H12ClNO.BrH/c11-9-4-8-6-12-3-1-2-7(8)5-10(9)13;/h4-5,12-13H,1-3,6H2;1H. The quantitative estimate of drug-likeness (QED) is 0.765. The number of halogens is 2. The van der Waals surface area contributed by atoms with Gasteiger partial charge in [-0.15, -0.1) is 17.0 Å². The summed E-state index contributed by atoms with van der Waals surface area (Å²) in [6.45, 7) is 1.89. The van der Waals surface area contributed by atoms with E-state index in [2.05, 4.69) is 5.32 Å². The van der Waals surface area contributed by atoms with Gasteiger partial charge < -0.3 is 10.4 Å². The molecule has 1 heterocycles. The molecule has 1 aliphatic rings. The molecule has 2 N–H and O–H groups in total. The normalized spacial score (nSPS) is 15.2. The highest BCUT2D eigenvalue weighted by Crippen LogP contribution is 2.28. The van der Waals surface area contributed by atoms with E-state index in [1.54, 1.807) is 6.07 Å². The van der Waals surface area contributed by atoms with Crippen LogP contribution in [0.5, 0.6) is 5.75 Å². The Hall–Kier alpha value is -0.250. The van der Waals surface area contributed by atoms with Crippen LogP contribution in [0.4, 0.5) is 0 Å². The summed E-state index contributed by atoms with van der Waals surface area (Å²) in [5, 5.41) is 13.2. The molecule has 0 saturated heterocycles. The Kier molecular flexibility index (Phi) is 4.23. The summed E-state index contributed by atoms with van der Waals surface area (Å²) < 4.78 is 0. The first-order chi connectivity index (χ1) is 6.27. The number of aromatic hydroxyl groups is 1. The topological polar surface area (TPSA) is 32.3 Å². The predicted molar refractivity (Wildman–Crippen MR) is 63.5 cm³/mol. The lowest BCUT2D eigenvalue weighted by Gasteiger charge is -2.06. The minimum absolute atomic E-state index is 0. The second-order valence-corrected chi connectivity index (χ2v) is 3.76. The average Bonchev–Trinajstić information content (AvgIpc) is 2.31. The average molecular weight is 279 g/mol. The number of nitrogens with one attached hydrogen (secondary N) is 1. The zero-order valence-electron chi connectivity index (χ0n) is 7.72. The minimum Gasteiger partial charge on any atom is -0.506 e. The third kappa shape index (κ3) is 2.41. The Morgan fingerprint density at radius 1 is 1.29 bits per heavy atom. The van der Waals surface area contributed by atoms with Crippen LogP contribution >= 0.6 is 28.6 Å². The maximum Gasteiger partial charge on any atom is 0.134 e. The first kappa shape index (κ1) is 11.8. The van der Waals surface area contributed by atoms with E-state index in [1.165, 1.54) is 11.1 Å². The van der Waals surface area contributed by atoms with E-state index < -0.39 is 0 Å². The molecule has 0 unspecified atom stereocenters. The number of hydrogen-bond acceptors (Lipinski definition) is 2. The van der Waals surface area contributed by atoms with Gasteiger partial charge >= 0.3 is 0 Å². The van der Waals surface area contributed by atoms with E-state index in [-0.39, 0.29) is 22.7 Å². The van der Waals surface area contributed by atoms with Crippen LogP contribution < -0.4 is 5.32 Å². The van der Waals surface area contributed by atoms with Crippen molar-refractivity contribution in [2.24, 2.45) is 0 Å². The molecule has 78 valence electrons. The summed E-state index contributed by atoms with van der Waals surface area (Å²) in [5.74, 6) is 0.197. The second kappa shape index (κ2) is 5.01. The third-order valence-electron chi connectivity index (χ3n) is 2.38. The van der Waals surface area contributed by atoms with Gasteiger partial charge in [0.15, 0.2) is 0 Å². The molecular weight excluding hydrogens is 265 g/mol. The minimum atomic E-state index is 0. The fraction of sp³-hybridized carbons (Fsp3) is 0.400. The monoisotopic (exact) mass is 277 g/mol. The number of phenols is 1. The van der Waals surface area contributed by atoms with E-state index in [0.717, 1.165) is 25.9 Å². The second-order valence-electron chi connectivity index (χ2n) is 3.35. The molecule has 0 radical (unpaired) electrons. The Morgan fingerprint density at radius 3 is 2.86 bits per heavy atom. The van der Waals surface area contributed by atoms with Crippen molar-refractivity contribution < 1.29 is 5.11 Å². The zero-order valence-corrected chi connectivity index (χ0v) is 10.2. The summed E-state index contributed by atoms with van der Waals surface area (Å²) >= 11 is 5.82. The Labute approximate surface area is 99.0 Å². The molecule has 0 fully saturated rings. The largest absolute Gasteiger partial charge is 0.506 e. The molecular formula is C10H13BrClNO. The fourth-order valence-electron chi connectivity index (χ4n) is 1.67. The van der Waals surface area contributed by atoms with Crippen LogP contribution in [0.15, 0.2) is 12.1 Å². The first-order valence-corrected chi connectivity index (χ1v) is 4.86. The molecule has 4 heteroatoms. The molecule has 1 aromatic rings. The highest BCUT2D eigenvalue weighted by atomic mass is 79.9. The van der Waals surface area contributed by atoms with E-state index in [9.17, 15) is 5.11 Å². The molecule has 0 atom stereocenters. The van der Waals surface area contributed by atoms with Gasteiger partial charge in [0, 0.05) is 6.54 Å². The molecule has 2 rings (SSSR count). The molecule has 2 nitrogen and oxygen atoms in total. The Bertz CT molecular complexity index is 299. The van der Waals surface area contributed by atoms with Crippen molar-refractivity contribution in [2.75, 3.05) is 6.54 Å². The van der Waals surface area contributed by atoms with Crippen LogP contribution in [0.2, 0.25) is 5.02 Å². The van der Waals surface area contributed by atoms with Crippen LogP contribution in [0.1, 0.15) is 17.5 Å². The molecule has 1 aliphatic heterocycles. The molecule has 0 saturated carbocycles. The van der Waals surface area contributed by atoms with Crippen molar-refractivity contribution in [3.05, 3.63) is 28.3 Å². The third-order valence-corrected chi connectivity index (χ3v) is 2.69. The van der Waals surface area contributed by atoms with Crippen LogP contribution in [0.3, 0.4) is 0 Å². The summed E-state index contributed by atoms with van der Waals surface area (Å²) in [7, 11) is 0. The van der Waals surface area contributed by atoms with Gasteiger partial charge in [-0.3, -0.25) is 0 Å². The highest BCUT2D eigenvalue weighted by Gasteiger charge is 2.10. The lowest BCUT2D eigenvalue weighted by Crippen LogP contribution is -2.11. The Morgan fingerprint density at radius 2 is 2.07 bits per heavy atom. The van der Waals surface area contributed by atoms with Gasteiger partial charge in [0.25, 0.3) is 0 Å². The molecule has 0 aromatic heterocycles. The number of phenolic OH excluding ortho intramolecular Hbond substituents is 1. The molecule has 0 amide bonds. The van der Waals surface area contributed by atoms with Crippen LogP contribution in [-0.2, 0) is 13.0 Å². The molecule has 0 spiro atoms. The van der Waals surface area contributed by atoms with Crippen LogP contribution in [0.25, 0.3) is 0 Å². The number of rotatable bonds is 0. The maximum absolute atomic E-state index is 9.41. The van der Waals surface area contributed by atoms with E-state index in [1.807, 2.05) is 6.07 Å². The SMILES string of the molecule is Br.Oc1cc2c(cc1Cl)CNCCC2. The van der Waals surface area contributed by atoms with Gasteiger partial charge in [0.1, 0.15) is 5.75 Å². The first-order valence-electron chi connectivity index (χ1n) is 4.48. The molecule has 14 heavy (non-hydrogen) atoms. The van der Waals surface area contributed by atoms with Crippen molar-refractivity contribution in [1.82, 2.24) is 5.32 Å². The van der Waals surface area contributed by atoms with Crippen LogP contribution in [0, 0.1) is 0 Å². The lowest BCUT2D eigenvalue weighted by atomic mass is 10.0. The zero-order chi connectivity index (χ0) is 9.26. The van der Waals surface area contributed by atoms with Crippen molar-refractivity contribution in [3.8, 4) is 5.75 Å². The highest BCUT2D eigenvalue weighted by molar-refractivity contribution is 8.93. The number of fused-ring (bicyclic) bond motifs is 1. The fourth-order valence-corrected chi connectivity index (χ4v) is 1.86. The number of aryl methyl sites for hydroxylation is 1. The Balaban J connectivity index is 0.000000980. The lowest BCUT2D eigenvalue weighted by molar-refractivity contribution is 0.474. The number of benzene rings is 1. The molecule has 0 aliphatic carbocycles. The van der Waals surface area contributed by atoms with Gasteiger partial charge in [-0.2, -0.15) is 0 Å². The van der Waals surface area contributed by atoms with Gasteiger partial charge in [-0.1, -0.05) is 11.6 Å². The molecule has 1 aromatic carbocycles. The van der Waals surface area contributed by atoms with Crippen molar-refractivity contribution in [1.29, 1.82) is 0 Å². The smallest absolute Gasteiger partial charge is 0.134 e. The van der Waals surface area contributed by atoms with E-state index in [4.69, 9.17) is 11.6 Å². The van der Waals surface area contributed by atoms with Crippen molar-refractivity contribution >= 4 is 28.6 Å². The van der Waals surface area contributed by atoms with E-state index in [0.29, 0.717) is 5.02 Å². The van der Waals surface area contributed by atoms with E-state index >= 15 is 0 Å². The van der Waals surface area contributed by atoms with Crippen molar-refractivity contribution in [2.45, 2.75) is 19.4 Å². The molecule has 0 bridgehead atoms. The summed E-state index contributed by atoms with van der Waals surface area (Å²) in [6.07, 6.45) is 2.14. The van der Waals surface area contributed by atoms with Crippen LogP contribution in [-0.4, -0.2) is 11.7 Å². The predicted octanol–water partition coefficient (Wildman–Crippen LogP) is 2.66.